The number of hydrogen-bond acceptors (Lipinski definition) is 4. The van der Waals surface area contributed by atoms with E-state index in [1.54, 1.807) is 0 Å². The molecule has 6 nitrogen and oxygen atoms in total. The molecule has 2 aromatic carbocycles. The summed E-state index contributed by atoms with van der Waals surface area (Å²) in [6, 6.07) is 15.5. The van der Waals surface area contributed by atoms with Crippen LogP contribution in [-0.2, 0) is 32.5 Å². The lowest BCUT2D eigenvalue weighted by Crippen LogP contribution is -2.65. The van der Waals surface area contributed by atoms with E-state index >= 15 is 0 Å². The van der Waals surface area contributed by atoms with Crippen LogP contribution in [-0.4, -0.2) is 34.0 Å². The zero-order chi connectivity index (χ0) is 21.1. The van der Waals surface area contributed by atoms with Gasteiger partial charge < -0.3 is 0 Å². The maximum Gasteiger partial charge on any atom is 0.338 e. The Morgan fingerprint density at radius 2 is 1.07 bits per heavy atom. The maximum absolute atomic E-state index is 12.9. The smallest absolute Gasteiger partial charge is 0.265 e. The lowest BCUT2D eigenvalue weighted by atomic mass is 9.88. The topological polar surface area (TPSA) is 59.1 Å². The third kappa shape index (κ3) is 4.40. The van der Waals surface area contributed by atoms with Gasteiger partial charge in [-0.1, -0.05) is 72.5 Å². The minimum atomic E-state index is -0.658. The Labute approximate surface area is 177 Å². The molecule has 158 valence electrons. The second-order valence-corrected chi connectivity index (χ2v) is 8.20. The number of carbonyl (C=O) groups excluding carboxylic acids is 2. The van der Waals surface area contributed by atoms with Crippen molar-refractivity contribution >= 4 is 11.8 Å². The van der Waals surface area contributed by atoms with Crippen LogP contribution in [0.2, 0.25) is 0 Å². The summed E-state index contributed by atoms with van der Waals surface area (Å²) in [5.41, 5.74) is 4.26. The summed E-state index contributed by atoms with van der Waals surface area (Å²) < 4.78 is 0. The molecule has 1 aliphatic heterocycles. The van der Waals surface area contributed by atoms with E-state index in [0.29, 0.717) is 0 Å². The fraction of sp³-hybridized carbons (Fsp3) is 0.417. The number of amides is 2. The molecule has 1 saturated heterocycles. The molecular formula is C24H28N2O4. The summed E-state index contributed by atoms with van der Waals surface area (Å²) in [7, 11) is 0. The van der Waals surface area contributed by atoms with Crippen molar-refractivity contribution in [2.45, 2.75) is 64.8 Å². The highest BCUT2D eigenvalue weighted by atomic mass is 16.7. The Balaban J connectivity index is 1.46. The Bertz CT molecular complexity index is 819. The van der Waals surface area contributed by atoms with Crippen LogP contribution >= 0.6 is 0 Å². The predicted molar refractivity (Wildman–Crippen MR) is 112 cm³/mol. The highest BCUT2D eigenvalue weighted by Crippen LogP contribution is 2.32. The van der Waals surface area contributed by atoms with Crippen molar-refractivity contribution in [1.29, 1.82) is 0 Å². The zero-order valence-electron chi connectivity index (χ0n) is 17.5. The number of carbonyl (C=O) groups is 2. The minimum Gasteiger partial charge on any atom is -0.265 e. The summed E-state index contributed by atoms with van der Waals surface area (Å²) in [6.45, 7) is 4.56. The Morgan fingerprint density at radius 1 is 0.700 bits per heavy atom. The molecule has 2 aromatic rings. The normalized spacial score (nSPS) is 21.7. The molecule has 1 aliphatic carbocycles. The SMILES string of the molecule is Cc1ccc(CON2C(=O)C(=O)N(OCc3ccc(C)cc3)[C@H]3CCCC[C@@H]32)cc1. The Kier molecular flexibility index (Phi) is 6.16. The van der Waals surface area contributed by atoms with Crippen LogP contribution in [0.4, 0.5) is 0 Å². The molecule has 2 amide bonds. The standard InChI is InChI=1S/C24H28N2O4/c1-17-7-11-19(12-8-17)15-29-25-21-5-3-4-6-22(21)26(24(28)23(25)27)30-16-20-13-9-18(2)10-14-20/h7-14,21-22H,3-6,15-16H2,1-2H3/t21-,22-/m0/s1. The van der Waals surface area contributed by atoms with Gasteiger partial charge in [0, 0.05) is 0 Å². The number of piperazine rings is 1. The van der Waals surface area contributed by atoms with Crippen LogP contribution in [0.3, 0.4) is 0 Å². The third-order valence-electron chi connectivity index (χ3n) is 5.86. The van der Waals surface area contributed by atoms with Crippen LogP contribution in [0.5, 0.6) is 0 Å². The van der Waals surface area contributed by atoms with E-state index in [1.807, 2.05) is 62.4 Å². The fourth-order valence-corrected chi connectivity index (χ4v) is 4.09. The molecule has 1 saturated carbocycles. The molecule has 0 unspecified atom stereocenters. The summed E-state index contributed by atoms with van der Waals surface area (Å²) >= 11 is 0. The van der Waals surface area contributed by atoms with Gasteiger partial charge in [-0.15, -0.1) is 0 Å². The maximum atomic E-state index is 12.9. The first-order valence-corrected chi connectivity index (χ1v) is 10.6. The molecule has 0 bridgehead atoms. The Morgan fingerprint density at radius 3 is 1.43 bits per heavy atom. The highest BCUT2D eigenvalue weighted by molar-refractivity contribution is 6.35. The number of nitrogens with zero attached hydrogens (tertiary/aromatic N) is 2. The van der Waals surface area contributed by atoms with E-state index < -0.39 is 11.8 Å². The van der Waals surface area contributed by atoms with Gasteiger partial charge in [-0.3, -0.25) is 19.3 Å². The summed E-state index contributed by atoms with van der Waals surface area (Å²) in [5, 5.41) is 2.61. The Hall–Kier alpha value is -2.70. The van der Waals surface area contributed by atoms with Crippen LogP contribution in [0, 0.1) is 13.8 Å². The van der Waals surface area contributed by atoms with Gasteiger partial charge in [-0.05, 0) is 37.8 Å². The molecule has 2 fully saturated rings. The molecule has 0 aromatic heterocycles. The molecule has 0 radical (unpaired) electrons. The highest BCUT2D eigenvalue weighted by Gasteiger charge is 2.48. The quantitative estimate of drug-likeness (QED) is 0.682. The first kappa shape index (κ1) is 20.6. The molecule has 1 heterocycles. The van der Waals surface area contributed by atoms with Crippen LogP contribution in [0.25, 0.3) is 0 Å². The molecule has 30 heavy (non-hydrogen) atoms. The van der Waals surface area contributed by atoms with Gasteiger partial charge in [0.15, 0.2) is 0 Å². The fourth-order valence-electron chi connectivity index (χ4n) is 4.09. The molecule has 2 atom stereocenters. The van der Waals surface area contributed by atoms with E-state index in [0.717, 1.165) is 47.9 Å². The third-order valence-corrected chi connectivity index (χ3v) is 5.86. The van der Waals surface area contributed by atoms with Crippen molar-refractivity contribution in [3.8, 4) is 0 Å². The number of benzene rings is 2. The summed E-state index contributed by atoms with van der Waals surface area (Å²) in [6.07, 6.45) is 3.58. The van der Waals surface area contributed by atoms with Crippen molar-refractivity contribution in [2.24, 2.45) is 0 Å². The molecule has 0 N–H and O–H groups in total. The molecule has 4 rings (SSSR count). The zero-order valence-corrected chi connectivity index (χ0v) is 17.5. The van der Waals surface area contributed by atoms with Gasteiger partial charge in [0.2, 0.25) is 0 Å². The lowest BCUT2D eigenvalue weighted by molar-refractivity contribution is -0.270. The van der Waals surface area contributed by atoms with Gasteiger partial charge in [0.1, 0.15) is 13.2 Å². The second kappa shape index (κ2) is 8.98. The largest absolute Gasteiger partial charge is 0.338 e. The molecule has 6 heteroatoms. The number of rotatable bonds is 6. The van der Waals surface area contributed by atoms with Crippen molar-refractivity contribution in [3.63, 3.8) is 0 Å². The average molecular weight is 408 g/mol. The minimum absolute atomic E-state index is 0.188. The monoisotopic (exact) mass is 408 g/mol. The average Bonchev–Trinajstić information content (AvgIpc) is 2.76. The van der Waals surface area contributed by atoms with Crippen molar-refractivity contribution in [3.05, 3.63) is 70.8 Å². The molecule has 0 spiro atoms. The van der Waals surface area contributed by atoms with E-state index in [4.69, 9.17) is 9.68 Å². The number of aryl methyl sites for hydroxylation is 2. The first-order chi connectivity index (χ1) is 14.5. The molecular weight excluding hydrogens is 380 g/mol. The van der Waals surface area contributed by atoms with Crippen molar-refractivity contribution in [1.82, 2.24) is 10.1 Å². The summed E-state index contributed by atoms with van der Waals surface area (Å²) in [5.74, 6) is -1.32. The number of hydrogen-bond donors (Lipinski definition) is 0. The predicted octanol–water partition coefficient (Wildman–Crippen LogP) is 3.85. The van der Waals surface area contributed by atoms with Gasteiger partial charge in [-0.25, -0.2) is 10.1 Å². The van der Waals surface area contributed by atoms with Gasteiger partial charge in [-0.2, -0.15) is 0 Å². The number of hydroxylamine groups is 4. The van der Waals surface area contributed by atoms with E-state index in [9.17, 15) is 9.59 Å². The van der Waals surface area contributed by atoms with Crippen molar-refractivity contribution < 1.29 is 19.3 Å². The van der Waals surface area contributed by atoms with Gasteiger partial charge in [0.25, 0.3) is 0 Å². The second-order valence-electron chi connectivity index (χ2n) is 8.20. The van der Waals surface area contributed by atoms with Crippen LogP contribution in [0.15, 0.2) is 48.5 Å². The van der Waals surface area contributed by atoms with Gasteiger partial charge >= 0.3 is 11.8 Å². The number of fused-ring (bicyclic) bond motifs is 1. The van der Waals surface area contributed by atoms with Crippen LogP contribution < -0.4 is 0 Å². The first-order valence-electron chi connectivity index (χ1n) is 10.6. The van der Waals surface area contributed by atoms with E-state index in [1.165, 1.54) is 10.1 Å². The lowest BCUT2D eigenvalue weighted by Gasteiger charge is -2.46. The van der Waals surface area contributed by atoms with Gasteiger partial charge in [0.05, 0.1) is 12.1 Å². The molecule has 2 aliphatic rings. The summed E-state index contributed by atoms with van der Waals surface area (Å²) in [4.78, 5) is 37.4. The van der Waals surface area contributed by atoms with Crippen molar-refractivity contribution in [2.75, 3.05) is 0 Å². The van der Waals surface area contributed by atoms with E-state index in [2.05, 4.69) is 0 Å². The van der Waals surface area contributed by atoms with E-state index in [-0.39, 0.29) is 25.3 Å². The van der Waals surface area contributed by atoms with Crippen LogP contribution in [0.1, 0.15) is 47.9 Å².